The van der Waals surface area contributed by atoms with Crippen LogP contribution in [0.3, 0.4) is 0 Å². The SMILES string of the molecule is CNS(=O)(=O)CCNc1ncc(Cl)cc1N. The monoisotopic (exact) mass is 264 g/mol. The number of rotatable bonds is 5. The zero-order valence-corrected chi connectivity index (χ0v) is 10.3. The minimum atomic E-state index is -3.22. The van der Waals surface area contributed by atoms with Crippen molar-refractivity contribution in [3.63, 3.8) is 0 Å². The van der Waals surface area contributed by atoms with Crippen molar-refractivity contribution in [3.8, 4) is 0 Å². The van der Waals surface area contributed by atoms with E-state index in [2.05, 4.69) is 15.0 Å². The van der Waals surface area contributed by atoms with Gasteiger partial charge in [0.2, 0.25) is 10.0 Å². The molecule has 0 radical (unpaired) electrons. The Balaban J connectivity index is 2.56. The first kappa shape index (κ1) is 13.0. The molecule has 8 heteroatoms. The predicted octanol–water partition coefficient (Wildman–Crippen LogP) is 0.278. The summed E-state index contributed by atoms with van der Waals surface area (Å²) in [5.41, 5.74) is 6.01. The van der Waals surface area contributed by atoms with Gasteiger partial charge in [0.25, 0.3) is 0 Å². The van der Waals surface area contributed by atoms with Crippen LogP contribution < -0.4 is 15.8 Å². The van der Waals surface area contributed by atoms with Crippen LogP contribution in [0, 0.1) is 0 Å². The van der Waals surface area contributed by atoms with Gasteiger partial charge in [0.15, 0.2) is 0 Å². The minimum Gasteiger partial charge on any atom is -0.396 e. The van der Waals surface area contributed by atoms with Gasteiger partial charge < -0.3 is 11.1 Å². The van der Waals surface area contributed by atoms with Gasteiger partial charge in [0, 0.05) is 12.7 Å². The largest absolute Gasteiger partial charge is 0.396 e. The van der Waals surface area contributed by atoms with Crippen molar-refractivity contribution in [3.05, 3.63) is 17.3 Å². The van der Waals surface area contributed by atoms with Crippen LogP contribution in [0.2, 0.25) is 5.02 Å². The van der Waals surface area contributed by atoms with Gasteiger partial charge in [0.1, 0.15) is 5.82 Å². The highest BCUT2D eigenvalue weighted by Crippen LogP contribution is 2.18. The Hall–Kier alpha value is -1.05. The number of pyridine rings is 1. The number of sulfonamides is 1. The Bertz CT molecular complexity index is 463. The maximum Gasteiger partial charge on any atom is 0.213 e. The molecule has 6 nitrogen and oxygen atoms in total. The van der Waals surface area contributed by atoms with E-state index >= 15 is 0 Å². The van der Waals surface area contributed by atoms with Crippen LogP contribution in [0.1, 0.15) is 0 Å². The molecule has 0 amide bonds. The van der Waals surface area contributed by atoms with Crippen LogP contribution >= 0.6 is 11.6 Å². The first-order valence-electron chi connectivity index (χ1n) is 4.51. The highest BCUT2D eigenvalue weighted by atomic mass is 35.5. The van der Waals surface area contributed by atoms with E-state index in [1.54, 1.807) is 6.07 Å². The van der Waals surface area contributed by atoms with Crippen LogP contribution in [0.5, 0.6) is 0 Å². The Morgan fingerprint density at radius 3 is 2.81 bits per heavy atom. The van der Waals surface area contributed by atoms with Crippen molar-refractivity contribution in [2.24, 2.45) is 0 Å². The van der Waals surface area contributed by atoms with Crippen LogP contribution in [-0.2, 0) is 10.0 Å². The van der Waals surface area contributed by atoms with Crippen LogP contribution in [0.4, 0.5) is 11.5 Å². The van der Waals surface area contributed by atoms with Crippen molar-refractivity contribution in [1.82, 2.24) is 9.71 Å². The van der Waals surface area contributed by atoms with E-state index in [0.29, 0.717) is 16.5 Å². The van der Waals surface area contributed by atoms with Crippen LogP contribution in [-0.4, -0.2) is 32.7 Å². The maximum absolute atomic E-state index is 11.1. The predicted molar refractivity (Wildman–Crippen MR) is 65.0 cm³/mol. The lowest BCUT2D eigenvalue weighted by Gasteiger charge is -2.08. The molecule has 0 bridgehead atoms. The first-order chi connectivity index (χ1) is 7.44. The zero-order valence-electron chi connectivity index (χ0n) is 8.70. The standard InChI is InChI=1S/C8H13ClN4O2S/c1-11-16(14,15)3-2-12-8-7(10)4-6(9)5-13-8/h4-5,11H,2-3,10H2,1H3,(H,12,13). The lowest BCUT2D eigenvalue weighted by Crippen LogP contribution is -2.26. The molecule has 0 fully saturated rings. The molecule has 0 unspecified atom stereocenters. The van der Waals surface area contributed by atoms with E-state index < -0.39 is 10.0 Å². The van der Waals surface area contributed by atoms with Gasteiger partial charge in [-0.2, -0.15) is 0 Å². The Morgan fingerprint density at radius 1 is 1.56 bits per heavy atom. The summed E-state index contributed by atoms with van der Waals surface area (Å²) in [5, 5.41) is 3.25. The molecule has 0 saturated heterocycles. The van der Waals surface area contributed by atoms with E-state index in [-0.39, 0.29) is 12.3 Å². The fourth-order valence-electron chi connectivity index (χ4n) is 1.01. The van der Waals surface area contributed by atoms with Crippen molar-refractivity contribution < 1.29 is 8.42 Å². The Labute approximate surface area is 99.2 Å². The molecule has 16 heavy (non-hydrogen) atoms. The second-order valence-electron chi connectivity index (χ2n) is 3.04. The molecule has 0 aliphatic heterocycles. The smallest absolute Gasteiger partial charge is 0.213 e. The molecule has 0 aromatic carbocycles. The average molecular weight is 265 g/mol. The summed E-state index contributed by atoms with van der Waals surface area (Å²) in [5.74, 6) is 0.378. The number of nitrogens with one attached hydrogen (secondary N) is 2. The fourth-order valence-corrected chi connectivity index (χ4v) is 1.75. The van der Waals surface area contributed by atoms with Crippen molar-refractivity contribution in [2.75, 3.05) is 30.4 Å². The second kappa shape index (κ2) is 5.33. The molecule has 4 N–H and O–H groups in total. The fraction of sp³-hybridized carbons (Fsp3) is 0.375. The molecular weight excluding hydrogens is 252 g/mol. The summed E-state index contributed by atoms with van der Waals surface area (Å²) in [4.78, 5) is 3.94. The third-order valence-electron chi connectivity index (χ3n) is 1.86. The lowest BCUT2D eigenvalue weighted by molar-refractivity contribution is 0.588. The normalized spacial score (nSPS) is 11.4. The summed E-state index contributed by atoms with van der Waals surface area (Å²) >= 11 is 5.67. The first-order valence-corrected chi connectivity index (χ1v) is 6.54. The average Bonchev–Trinajstić information content (AvgIpc) is 2.21. The minimum absolute atomic E-state index is 0.0484. The van der Waals surface area contributed by atoms with Crippen molar-refractivity contribution in [2.45, 2.75) is 0 Å². The number of hydrogen-bond acceptors (Lipinski definition) is 5. The number of nitrogens with two attached hydrogens (primary N) is 1. The Kier molecular flexibility index (Phi) is 4.34. The van der Waals surface area contributed by atoms with E-state index in [1.807, 2.05) is 0 Å². The molecule has 0 atom stereocenters. The number of nitrogen functional groups attached to an aromatic ring is 1. The third-order valence-corrected chi connectivity index (χ3v) is 3.43. The quantitative estimate of drug-likeness (QED) is 0.710. The number of aromatic nitrogens is 1. The van der Waals surface area contributed by atoms with Gasteiger partial charge in [-0.15, -0.1) is 0 Å². The molecule has 1 heterocycles. The van der Waals surface area contributed by atoms with Gasteiger partial charge in [0.05, 0.1) is 16.5 Å². The summed E-state index contributed by atoms with van der Waals surface area (Å²) < 4.78 is 24.4. The van der Waals surface area contributed by atoms with Crippen LogP contribution in [0.15, 0.2) is 12.3 Å². The molecule has 0 spiro atoms. The maximum atomic E-state index is 11.1. The molecule has 1 rings (SSSR count). The van der Waals surface area contributed by atoms with Gasteiger partial charge in [-0.1, -0.05) is 11.6 Å². The summed E-state index contributed by atoms with van der Waals surface area (Å²) in [6.45, 7) is 0.224. The van der Waals surface area contributed by atoms with Crippen molar-refractivity contribution in [1.29, 1.82) is 0 Å². The van der Waals surface area contributed by atoms with Crippen LogP contribution in [0.25, 0.3) is 0 Å². The number of anilines is 2. The summed E-state index contributed by atoms with van der Waals surface area (Å²) in [7, 11) is -1.85. The molecule has 0 aliphatic carbocycles. The molecule has 1 aromatic rings. The highest BCUT2D eigenvalue weighted by Gasteiger charge is 2.07. The second-order valence-corrected chi connectivity index (χ2v) is 5.52. The molecule has 90 valence electrons. The van der Waals surface area contributed by atoms with E-state index in [9.17, 15) is 8.42 Å². The number of nitrogens with zero attached hydrogens (tertiary/aromatic N) is 1. The topological polar surface area (TPSA) is 97.1 Å². The van der Waals surface area contributed by atoms with Gasteiger partial charge in [-0.05, 0) is 13.1 Å². The molecule has 0 aliphatic rings. The summed E-state index contributed by atoms with van der Waals surface area (Å²) in [6.07, 6.45) is 1.44. The van der Waals surface area contributed by atoms with Crippen molar-refractivity contribution >= 4 is 33.1 Å². The third kappa shape index (κ3) is 3.84. The van der Waals surface area contributed by atoms with Gasteiger partial charge in [-0.3, -0.25) is 0 Å². The molecule has 0 saturated carbocycles. The number of halogens is 1. The van der Waals surface area contributed by atoms with Gasteiger partial charge >= 0.3 is 0 Å². The highest BCUT2D eigenvalue weighted by molar-refractivity contribution is 7.89. The molecule has 1 aromatic heterocycles. The zero-order chi connectivity index (χ0) is 12.2. The Morgan fingerprint density at radius 2 is 2.25 bits per heavy atom. The van der Waals surface area contributed by atoms with E-state index in [1.165, 1.54) is 13.2 Å². The lowest BCUT2D eigenvalue weighted by atomic mass is 10.4. The van der Waals surface area contributed by atoms with Gasteiger partial charge in [-0.25, -0.2) is 18.1 Å². The van der Waals surface area contributed by atoms with E-state index in [4.69, 9.17) is 17.3 Å². The summed E-state index contributed by atoms with van der Waals surface area (Å²) in [6, 6.07) is 1.55. The number of hydrogen-bond donors (Lipinski definition) is 3. The van der Waals surface area contributed by atoms with E-state index in [0.717, 1.165) is 0 Å². The molecular formula is C8H13ClN4O2S.